The zero-order valence-corrected chi connectivity index (χ0v) is 23.0. The van der Waals surface area contributed by atoms with E-state index in [1.807, 2.05) is 66.9 Å². The van der Waals surface area contributed by atoms with Gasteiger partial charge in [0.05, 0.1) is 36.6 Å². The molecule has 0 fully saturated rings. The van der Waals surface area contributed by atoms with Crippen LogP contribution in [0.3, 0.4) is 0 Å². The first kappa shape index (κ1) is 26.6. The third-order valence-corrected chi connectivity index (χ3v) is 7.18. The lowest BCUT2D eigenvalue weighted by atomic mass is 10.1. The molecule has 198 valence electrons. The van der Waals surface area contributed by atoms with Gasteiger partial charge >= 0.3 is 0 Å². The third kappa shape index (κ3) is 5.87. The van der Waals surface area contributed by atoms with E-state index < -0.39 is 5.91 Å². The van der Waals surface area contributed by atoms with Crippen molar-refractivity contribution < 1.29 is 19.0 Å². The number of benzene rings is 3. The summed E-state index contributed by atoms with van der Waals surface area (Å²) in [5.74, 6) is 1.22. The molecule has 5 rings (SSSR count). The maximum Gasteiger partial charge on any atom is 0.283 e. The molecule has 0 aromatic heterocycles. The topological polar surface area (TPSA) is 84.2 Å². The number of methoxy groups -OCH3 is 1. The summed E-state index contributed by atoms with van der Waals surface area (Å²) in [7, 11) is 1.53. The van der Waals surface area contributed by atoms with E-state index >= 15 is 0 Å². The normalized spacial score (nSPS) is 15.7. The highest BCUT2D eigenvalue weighted by atomic mass is 35.5. The van der Waals surface area contributed by atoms with E-state index in [-0.39, 0.29) is 11.4 Å². The first-order chi connectivity index (χ1) is 18.9. The molecule has 2 aliphatic heterocycles. The summed E-state index contributed by atoms with van der Waals surface area (Å²) in [6.45, 7) is 2.90. The van der Waals surface area contributed by atoms with Crippen LogP contribution >= 0.6 is 23.4 Å². The Labute approximate surface area is 236 Å². The van der Waals surface area contributed by atoms with E-state index in [0.717, 1.165) is 17.0 Å². The maximum atomic E-state index is 12.9. The molecule has 0 bridgehead atoms. The van der Waals surface area contributed by atoms with Gasteiger partial charge in [0.1, 0.15) is 11.6 Å². The Kier molecular flexibility index (Phi) is 8.05. The van der Waals surface area contributed by atoms with Crippen molar-refractivity contribution in [3.63, 3.8) is 0 Å². The van der Waals surface area contributed by atoms with Gasteiger partial charge in [-0.05, 0) is 48.4 Å². The molecular weight excluding hydrogens is 534 g/mol. The number of thioether (sulfide) groups is 1. The number of ether oxygens (including phenoxy) is 3. The van der Waals surface area contributed by atoms with Crippen LogP contribution in [0.15, 0.2) is 82.7 Å². The van der Waals surface area contributed by atoms with E-state index in [2.05, 4.69) is 4.99 Å². The van der Waals surface area contributed by atoms with Gasteiger partial charge in [0.2, 0.25) is 0 Å². The van der Waals surface area contributed by atoms with E-state index in [9.17, 15) is 4.79 Å². The van der Waals surface area contributed by atoms with Gasteiger partial charge in [0.15, 0.2) is 16.7 Å². The zero-order chi connectivity index (χ0) is 27.4. The number of aryl methyl sites for hydroxylation is 1. The molecule has 0 saturated heterocycles. The molecule has 7 nitrogen and oxygen atoms in total. The van der Waals surface area contributed by atoms with E-state index in [1.165, 1.54) is 24.4 Å². The van der Waals surface area contributed by atoms with Crippen LogP contribution in [0.25, 0.3) is 11.8 Å². The summed E-state index contributed by atoms with van der Waals surface area (Å²) >= 11 is 7.89. The SMILES string of the molecule is COc1cc(/C=C2/C(=N)N3C(c4ccccc4)=CSC3=NC2=O)cc(Cl)c1OCCCOc1ccc(C)cc1. The van der Waals surface area contributed by atoms with E-state index in [4.69, 9.17) is 31.2 Å². The van der Waals surface area contributed by atoms with Crippen molar-refractivity contribution in [1.29, 1.82) is 5.41 Å². The highest BCUT2D eigenvalue weighted by molar-refractivity contribution is 8.17. The molecule has 0 radical (unpaired) electrons. The molecule has 3 aromatic rings. The van der Waals surface area contributed by atoms with Gasteiger partial charge in [-0.1, -0.05) is 71.4 Å². The number of amides is 1. The molecule has 9 heteroatoms. The summed E-state index contributed by atoms with van der Waals surface area (Å²) in [4.78, 5) is 18.8. The van der Waals surface area contributed by atoms with Crippen molar-refractivity contribution in [2.75, 3.05) is 20.3 Å². The van der Waals surface area contributed by atoms with Crippen molar-refractivity contribution in [3.8, 4) is 17.2 Å². The number of fused-ring (bicyclic) bond motifs is 1. The molecule has 39 heavy (non-hydrogen) atoms. The lowest BCUT2D eigenvalue weighted by Gasteiger charge is -2.27. The highest BCUT2D eigenvalue weighted by Gasteiger charge is 2.36. The Bertz CT molecular complexity index is 1500. The lowest BCUT2D eigenvalue weighted by molar-refractivity contribution is -0.114. The fourth-order valence-electron chi connectivity index (χ4n) is 4.10. The lowest BCUT2D eigenvalue weighted by Crippen LogP contribution is -2.38. The molecule has 0 atom stereocenters. The standard InChI is InChI=1S/C30H26ClN3O4S/c1-19-9-11-22(12-10-19)37-13-6-14-38-27-24(31)16-20(17-26(27)36-2)15-23-28(32)34-25(21-7-4-3-5-8-21)18-39-30(34)33-29(23)35/h3-5,7-12,15-18,32H,6,13-14H2,1-2H3/b23-15-,32-28?. The number of halogens is 1. The fraction of sp³-hybridized carbons (Fsp3) is 0.167. The predicted octanol–water partition coefficient (Wildman–Crippen LogP) is 6.81. The number of nitrogens with zero attached hydrogens (tertiary/aromatic N) is 2. The molecule has 0 saturated carbocycles. The quantitative estimate of drug-likeness (QED) is 0.229. The van der Waals surface area contributed by atoms with Crippen LogP contribution in [-0.4, -0.2) is 42.1 Å². The van der Waals surface area contributed by atoms with Gasteiger partial charge in [0.25, 0.3) is 5.91 Å². The molecule has 0 aliphatic carbocycles. The number of hydrogen-bond acceptors (Lipinski definition) is 6. The largest absolute Gasteiger partial charge is 0.493 e. The number of carbonyl (C=O) groups excluding carboxylic acids is 1. The fourth-order valence-corrected chi connectivity index (χ4v) is 5.26. The predicted molar refractivity (Wildman–Crippen MR) is 157 cm³/mol. The maximum absolute atomic E-state index is 12.9. The van der Waals surface area contributed by atoms with E-state index in [1.54, 1.807) is 23.1 Å². The number of carbonyl (C=O) groups is 1. The first-order valence-electron chi connectivity index (χ1n) is 12.3. The number of nitrogens with one attached hydrogen (secondary N) is 1. The Morgan fingerprint density at radius 3 is 2.54 bits per heavy atom. The number of hydrogen-bond donors (Lipinski definition) is 1. The van der Waals surface area contributed by atoms with Crippen LogP contribution in [0.4, 0.5) is 0 Å². The van der Waals surface area contributed by atoms with Gasteiger partial charge in [0, 0.05) is 11.8 Å². The highest BCUT2D eigenvalue weighted by Crippen LogP contribution is 2.39. The summed E-state index contributed by atoms with van der Waals surface area (Å²) in [6, 6.07) is 21.0. The zero-order valence-electron chi connectivity index (χ0n) is 21.4. The Balaban J connectivity index is 1.29. The summed E-state index contributed by atoms with van der Waals surface area (Å²) in [6.07, 6.45) is 2.25. The van der Waals surface area contributed by atoms with Crippen molar-refractivity contribution in [2.24, 2.45) is 4.99 Å². The molecule has 3 aromatic carbocycles. The van der Waals surface area contributed by atoms with Crippen molar-refractivity contribution in [2.45, 2.75) is 13.3 Å². The van der Waals surface area contributed by atoms with Crippen LogP contribution in [0.1, 0.15) is 23.1 Å². The third-order valence-electron chi connectivity index (χ3n) is 6.07. The molecule has 1 amide bonds. The number of rotatable bonds is 9. The first-order valence-corrected chi connectivity index (χ1v) is 13.6. The summed E-state index contributed by atoms with van der Waals surface area (Å²) in [5.41, 5.74) is 3.66. The molecule has 1 N–H and O–H groups in total. The van der Waals surface area contributed by atoms with Crippen LogP contribution in [0.5, 0.6) is 17.2 Å². The second-order valence-corrected chi connectivity index (χ2v) is 10.1. The van der Waals surface area contributed by atoms with Gasteiger partial charge in [-0.2, -0.15) is 4.99 Å². The van der Waals surface area contributed by atoms with Gasteiger partial charge < -0.3 is 14.2 Å². The number of aliphatic imine (C=N–C) groups is 1. The van der Waals surface area contributed by atoms with Gasteiger partial charge in [-0.15, -0.1) is 0 Å². The van der Waals surface area contributed by atoms with Crippen molar-refractivity contribution in [1.82, 2.24) is 4.90 Å². The minimum Gasteiger partial charge on any atom is -0.493 e. The number of amidine groups is 2. The molecule has 0 spiro atoms. The average molecular weight is 560 g/mol. The molecular formula is C30H26ClN3O4S. The Morgan fingerprint density at radius 2 is 1.79 bits per heavy atom. The molecule has 2 heterocycles. The molecule has 0 unspecified atom stereocenters. The van der Waals surface area contributed by atoms with Gasteiger partial charge in [-0.25, -0.2) is 0 Å². The van der Waals surface area contributed by atoms with Crippen molar-refractivity contribution in [3.05, 3.63) is 99.4 Å². The van der Waals surface area contributed by atoms with Crippen molar-refractivity contribution >= 4 is 52.0 Å². The van der Waals surface area contributed by atoms with Crippen LogP contribution in [0, 0.1) is 12.3 Å². The minimum absolute atomic E-state index is 0.0501. The summed E-state index contributed by atoms with van der Waals surface area (Å²) < 4.78 is 17.2. The monoisotopic (exact) mass is 559 g/mol. The Hall–Kier alpha value is -4.01. The van der Waals surface area contributed by atoms with Crippen LogP contribution in [-0.2, 0) is 4.79 Å². The van der Waals surface area contributed by atoms with E-state index in [0.29, 0.717) is 46.9 Å². The second kappa shape index (κ2) is 11.8. The van der Waals surface area contributed by atoms with Crippen LogP contribution < -0.4 is 14.2 Å². The minimum atomic E-state index is -0.481. The van der Waals surface area contributed by atoms with Gasteiger partial charge in [-0.3, -0.25) is 15.1 Å². The summed E-state index contributed by atoms with van der Waals surface area (Å²) in [5, 5.41) is 11.5. The Morgan fingerprint density at radius 1 is 1.05 bits per heavy atom. The average Bonchev–Trinajstić information content (AvgIpc) is 3.37. The van der Waals surface area contributed by atoms with Crippen LogP contribution in [0.2, 0.25) is 5.02 Å². The smallest absolute Gasteiger partial charge is 0.283 e. The second-order valence-electron chi connectivity index (χ2n) is 8.83. The molecule has 2 aliphatic rings.